The van der Waals surface area contributed by atoms with Crippen LogP contribution in [0.25, 0.3) is 0 Å². The molecule has 1 unspecified atom stereocenters. The standard InChI is InChI=1S/C7H11F2NO2S/c1-7(2)4-10-3-5(6(8)9)13(7,11)12/h4-6H,3H2,1-2H3. The van der Waals surface area contributed by atoms with Gasteiger partial charge in [-0.2, -0.15) is 0 Å². The number of aliphatic imine (C=N–C) groups is 1. The van der Waals surface area contributed by atoms with E-state index >= 15 is 0 Å². The molecule has 0 bridgehead atoms. The van der Waals surface area contributed by atoms with Gasteiger partial charge < -0.3 is 0 Å². The molecule has 0 aromatic carbocycles. The zero-order valence-electron chi connectivity index (χ0n) is 7.37. The Morgan fingerprint density at radius 3 is 2.46 bits per heavy atom. The first-order chi connectivity index (χ1) is 5.79. The SMILES string of the molecule is CC1(C)C=NCC(C(F)F)S1(=O)=O. The molecule has 0 saturated heterocycles. The predicted molar refractivity (Wildman–Crippen MR) is 46.1 cm³/mol. The average Bonchev–Trinajstić information content (AvgIpc) is 1.94. The van der Waals surface area contributed by atoms with E-state index < -0.39 is 26.3 Å². The van der Waals surface area contributed by atoms with Crippen LogP contribution in [0.4, 0.5) is 8.78 Å². The van der Waals surface area contributed by atoms with Gasteiger partial charge in [0.2, 0.25) is 0 Å². The molecule has 13 heavy (non-hydrogen) atoms. The fourth-order valence-electron chi connectivity index (χ4n) is 1.15. The van der Waals surface area contributed by atoms with E-state index in [1.807, 2.05) is 0 Å². The van der Waals surface area contributed by atoms with Gasteiger partial charge in [-0.25, -0.2) is 17.2 Å². The average molecular weight is 211 g/mol. The fraction of sp³-hybridized carbons (Fsp3) is 0.857. The largest absolute Gasteiger partial charge is 0.294 e. The second-order valence-electron chi connectivity index (χ2n) is 3.52. The highest BCUT2D eigenvalue weighted by molar-refractivity contribution is 7.94. The summed E-state index contributed by atoms with van der Waals surface area (Å²) in [6.45, 7) is 2.42. The number of halogens is 2. The van der Waals surface area contributed by atoms with Crippen LogP contribution in [0.1, 0.15) is 13.8 Å². The van der Waals surface area contributed by atoms with Crippen LogP contribution < -0.4 is 0 Å². The van der Waals surface area contributed by atoms with Crippen LogP contribution in [0.3, 0.4) is 0 Å². The quantitative estimate of drug-likeness (QED) is 0.647. The third-order valence-corrected chi connectivity index (χ3v) is 4.82. The molecule has 1 heterocycles. The van der Waals surface area contributed by atoms with E-state index in [4.69, 9.17) is 0 Å². The monoisotopic (exact) mass is 211 g/mol. The topological polar surface area (TPSA) is 46.5 Å². The van der Waals surface area contributed by atoms with Crippen LogP contribution in [-0.2, 0) is 9.84 Å². The van der Waals surface area contributed by atoms with E-state index in [2.05, 4.69) is 4.99 Å². The Morgan fingerprint density at radius 2 is 2.08 bits per heavy atom. The summed E-state index contributed by atoms with van der Waals surface area (Å²) in [5, 5.41) is -1.65. The smallest absolute Gasteiger partial charge is 0.257 e. The molecule has 0 radical (unpaired) electrons. The van der Waals surface area contributed by atoms with E-state index in [9.17, 15) is 17.2 Å². The number of nitrogens with zero attached hydrogens (tertiary/aromatic N) is 1. The summed E-state index contributed by atoms with van der Waals surface area (Å²) in [6.07, 6.45) is -1.64. The van der Waals surface area contributed by atoms with Crippen molar-refractivity contribution < 1.29 is 17.2 Å². The molecule has 1 aliphatic heterocycles. The van der Waals surface area contributed by atoms with Gasteiger partial charge in [0.1, 0.15) is 10.00 Å². The maximum absolute atomic E-state index is 12.3. The highest BCUT2D eigenvalue weighted by atomic mass is 32.2. The Kier molecular flexibility index (Phi) is 2.44. The third kappa shape index (κ3) is 1.59. The zero-order chi connectivity index (χ0) is 10.3. The van der Waals surface area contributed by atoms with Gasteiger partial charge in [0.15, 0.2) is 9.84 Å². The molecule has 0 saturated carbocycles. The Morgan fingerprint density at radius 1 is 1.54 bits per heavy atom. The second kappa shape index (κ2) is 3.01. The van der Waals surface area contributed by atoms with Crippen molar-refractivity contribution >= 4 is 16.1 Å². The van der Waals surface area contributed by atoms with Crippen LogP contribution in [0.5, 0.6) is 0 Å². The summed E-state index contributed by atoms with van der Waals surface area (Å²) in [4.78, 5) is 3.64. The van der Waals surface area contributed by atoms with Crippen LogP contribution in [-0.4, -0.2) is 37.6 Å². The Bertz CT molecular complexity index is 321. The third-order valence-electron chi connectivity index (χ3n) is 2.10. The molecule has 0 amide bonds. The maximum Gasteiger partial charge on any atom is 0.257 e. The second-order valence-corrected chi connectivity index (χ2v) is 6.26. The zero-order valence-corrected chi connectivity index (χ0v) is 8.18. The van der Waals surface area contributed by atoms with Crippen molar-refractivity contribution in [1.82, 2.24) is 0 Å². The molecule has 0 aromatic rings. The first-order valence-electron chi connectivity index (χ1n) is 3.81. The molecule has 0 aliphatic carbocycles. The number of sulfone groups is 1. The van der Waals surface area contributed by atoms with Crippen molar-refractivity contribution in [2.75, 3.05) is 6.54 Å². The molecule has 0 N–H and O–H groups in total. The molecular weight excluding hydrogens is 200 g/mol. The molecule has 1 atom stereocenters. The van der Waals surface area contributed by atoms with Gasteiger partial charge in [-0.1, -0.05) is 0 Å². The van der Waals surface area contributed by atoms with Crippen molar-refractivity contribution in [2.45, 2.75) is 30.3 Å². The van der Waals surface area contributed by atoms with Gasteiger partial charge in [-0.15, -0.1) is 0 Å². The number of rotatable bonds is 1. The highest BCUT2D eigenvalue weighted by Crippen LogP contribution is 2.27. The molecule has 1 rings (SSSR count). The maximum atomic E-state index is 12.3. The Hall–Kier alpha value is -0.520. The molecule has 3 nitrogen and oxygen atoms in total. The van der Waals surface area contributed by atoms with Crippen molar-refractivity contribution in [3.05, 3.63) is 0 Å². The van der Waals surface area contributed by atoms with Crippen LogP contribution in [0, 0.1) is 0 Å². The van der Waals surface area contributed by atoms with Gasteiger partial charge in [-0.3, -0.25) is 4.99 Å². The minimum atomic E-state index is -3.80. The Balaban J connectivity index is 3.15. The van der Waals surface area contributed by atoms with Crippen molar-refractivity contribution in [3.63, 3.8) is 0 Å². The predicted octanol–water partition coefficient (Wildman–Crippen LogP) is 0.898. The molecule has 76 valence electrons. The summed E-state index contributed by atoms with van der Waals surface area (Å²) < 4.78 is 46.4. The number of hydrogen-bond donors (Lipinski definition) is 0. The Labute approximate surface area is 75.8 Å². The van der Waals surface area contributed by atoms with Gasteiger partial charge in [0, 0.05) is 6.21 Å². The minimum Gasteiger partial charge on any atom is -0.294 e. The number of hydrogen-bond acceptors (Lipinski definition) is 3. The first kappa shape index (κ1) is 10.6. The van der Waals surface area contributed by atoms with E-state index in [0.717, 1.165) is 0 Å². The van der Waals surface area contributed by atoms with Crippen LogP contribution in [0.2, 0.25) is 0 Å². The lowest BCUT2D eigenvalue weighted by Gasteiger charge is -2.29. The molecule has 0 aromatic heterocycles. The highest BCUT2D eigenvalue weighted by Gasteiger charge is 2.46. The van der Waals surface area contributed by atoms with Crippen molar-refractivity contribution in [2.24, 2.45) is 4.99 Å². The van der Waals surface area contributed by atoms with Crippen LogP contribution >= 0.6 is 0 Å². The summed E-state index contributed by atoms with van der Waals surface area (Å²) >= 11 is 0. The summed E-state index contributed by atoms with van der Waals surface area (Å²) in [6, 6.07) is 0. The van der Waals surface area contributed by atoms with E-state index in [1.165, 1.54) is 20.1 Å². The minimum absolute atomic E-state index is 0.330. The van der Waals surface area contributed by atoms with E-state index in [0.29, 0.717) is 0 Å². The summed E-state index contributed by atoms with van der Waals surface area (Å²) in [5.74, 6) is 0. The van der Waals surface area contributed by atoms with Gasteiger partial charge in [-0.05, 0) is 13.8 Å². The first-order valence-corrected chi connectivity index (χ1v) is 5.36. The van der Waals surface area contributed by atoms with Gasteiger partial charge in [0.25, 0.3) is 6.43 Å². The normalized spacial score (nSPS) is 30.7. The van der Waals surface area contributed by atoms with E-state index in [-0.39, 0.29) is 6.54 Å². The van der Waals surface area contributed by atoms with Gasteiger partial charge >= 0.3 is 0 Å². The van der Waals surface area contributed by atoms with Crippen molar-refractivity contribution in [3.8, 4) is 0 Å². The molecule has 1 aliphatic rings. The lowest BCUT2D eigenvalue weighted by Crippen LogP contribution is -2.48. The molecular formula is C7H11F2NO2S. The lowest BCUT2D eigenvalue weighted by molar-refractivity contribution is 0.142. The molecule has 0 spiro atoms. The lowest BCUT2D eigenvalue weighted by atomic mass is 10.2. The fourth-order valence-corrected chi connectivity index (χ4v) is 2.71. The van der Waals surface area contributed by atoms with Gasteiger partial charge in [0.05, 0.1) is 6.54 Å². The number of alkyl halides is 2. The van der Waals surface area contributed by atoms with E-state index in [1.54, 1.807) is 0 Å². The van der Waals surface area contributed by atoms with Crippen molar-refractivity contribution in [1.29, 1.82) is 0 Å². The summed E-state index contributed by atoms with van der Waals surface area (Å²) in [5.41, 5.74) is 0. The summed E-state index contributed by atoms with van der Waals surface area (Å²) in [7, 11) is -3.80. The van der Waals surface area contributed by atoms with Crippen LogP contribution in [0.15, 0.2) is 4.99 Å². The molecule has 0 fully saturated rings. The molecule has 6 heteroatoms.